The van der Waals surface area contributed by atoms with E-state index >= 15 is 0 Å². The number of hydrogen-bond donors (Lipinski definition) is 0. The third-order valence-electron chi connectivity index (χ3n) is 6.84. The first-order valence-electron chi connectivity index (χ1n) is 12.5. The van der Waals surface area contributed by atoms with Crippen molar-refractivity contribution in [2.75, 3.05) is 0 Å². The summed E-state index contributed by atoms with van der Waals surface area (Å²) in [4.78, 5) is 18.4. The summed E-state index contributed by atoms with van der Waals surface area (Å²) < 4.78 is 10.6. The Morgan fingerprint density at radius 1 is 1.00 bits per heavy atom. The van der Waals surface area contributed by atoms with Crippen LogP contribution in [0, 0.1) is 13.8 Å². The summed E-state index contributed by atoms with van der Waals surface area (Å²) in [5, 5.41) is 6.06. The van der Waals surface area contributed by atoms with Gasteiger partial charge in [-0.05, 0) is 80.4 Å². The summed E-state index contributed by atoms with van der Waals surface area (Å²) in [5.74, 6) is 0.820. The second kappa shape index (κ2) is 9.58. The molecule has 0 saturated heterocycles. The Morgan fingerprint density at radius 3 is 2.58 bits per heavy atom. The van der Waals surface area contributed by atoms with E-state index in [-0.39, 0.29) is 5.56 Å². The van der Waals surface area contributed by atoms with Gasteiger partial charge in [-0.3, -0.25) is 4.79 Å². The van der Waals surface area contributed by atoms with Crippen molar-refractivity contribution in [2.24, 2.45) is 5.10 Å². The van der Waals surface area contributed by atoms with E-state index in [9.17, 15) is 4.79 Å². The molecule has 0 bridgehead atoms. The molecule has 0 aliphatic rings. The van der Waals surface area contributed by atoms with Crippen LogP contribution in [0.15, 0.2) is 97.6 Å². The van der Waals surface area contributed by atoms with Gasteiger partial charge >= 0.3 is 0 Å². The summed E-state index contributed by atoms with van der Waals surface area (Å²) in [6.07, 6.45) is 2.72. The van der Waals surface area contributed by atoms with Crippen LogP contribution in [0.1, 0.15) is 29.4 Å². The van der Waals surface area contributed by atoms with E-state index < -0.39 is 0 Å². The molecule has 0 fully saturated rings. The first kappa shape index (κ1) is 24.1. The van der Waals surface area contributed by atoms with Crippen molar-refractivity contribution in [1.82, 2.24) is 14.2 Å². The number of aryl methyl sites for hydroxylation is 2. The molecule has 0 atom stereocenters. The molecular weight excluding hydrogens is 540 g/mol. The van der Waals surface area contributed by atoms with Crippen LogP contribution in [0.3, 0.4) is 0 Å². The molecule has 0 aliphatic heterocycles. The van der Waals surface area contributed by atoms with Crippen LogP contribution >= 0.6 is 15.9 Å². The fourth-order valence-electron chi connectivity index (χ4n) is 4.83. The number of benzene rings is 3. The molecule has 6 rings (SSSR count). The summed E-state index contributed by atoms with van der Waals surface area (Å²) in [7, 11) is 0. The molecule has 0 N–H and O–H groups in total. The van der Waals surface area contributed by atoms with Crippen LogP contribution in [-0.2, 0) is 6.42 Å². The molecule has 3 aromatic carbocycles. The number of aromatic nitrogens is 3. The smallest absolute Gasteiger partial charge is 0.282 e. The molecule has 0 radical (unpaired) electrons. The van der Waals surface area contributed by atoms with Crippen LogP contribution in [0.2, 0.25) is 0 Å². The highest BCUT2D eigenvalue weighted by Crippen LogP contribution is 2.29. The van der Waals surface area contributed by atoms with Crippen LogP contribution in [-0.4, -0.2) is 20.4 Å². The molecule has 6 aromatic rings. The lowest BCUT2D eigenvalue weighted by atomic mass is 10.1. The molecule has 0 spiro atoms. The standard InChI is InChI=1S/C31H25BrN4O2/c1-4-21-9-12-25(13-10-21)35-19(2)15-23(20(35)3)18-33-36-30(34-27-8-6-5-7-26(27)31(36)37)29-17-22-16-24(32)11-14-28(22)38-29/h5-18H,4H2,1-3H3. The minimum absolute atomic E-state index is 0.257. The Hall–Kier alpha value is -4.23. The Morgan fingerprint density at radius 2 is 1.79 bits per heavy atom. The maximum Gasteiger partial charge on any atom is 0.282 e. The Balaban J connectivity index is 1.49. The average molecular weight is 565 g/mol. The van der Waals surface area contributed by atoms with Crippen molar-refractivity contribution in [1.29, 1.82) is 0 Å². The average Bonchev–Trinajstić information content (AvgIpc) is 3.47. The van der Waals surface area contributed by atoms with Gasteiger partial charge in [0, 0.05) is 32.5 Å². The maximum absolute atomic E-state index is 13.6. The van der Waals surface area contributed by atoms with Gasteiger partial charge in [0.05, 0.1) is 17.1 Å². The fraction of sp³-hybridized carbons (Fsp3) is 0.129. The molecule has 6 nitrogen and oxygen atoms in total. The minimum Gasteiger partial charge on any atom is -0.453 e. The van der Waals surface area contributed by atoms with Crippen LogP contribution in [0.4, 0.5) is 0 Å². The van der Waals surface area contributed by atoms with Crippen molar-refractivity contribution in [3.8, 4) is 17.3 Å². The molecule has 0 aliphatic carbocycles. The predicted molar refractivity (Wildman–Crippen MR) is 157 cm³/mol. The molecule has 0 unspecified atom stereocenters. The first-order valence-corrected chi connectivity index (χ1v) is 13.3. The molecule has 3 aromatic heterocycles. The number of hydrogen-bond acceptors (Lipinski definition) is 4. The first-order chi connectivity index (χ1) is 18.4. The normalized spacial score (nSPS) is 11.8. The molecular formula is C31H25BrN4O2. The lowest BCUT2D eigenvalue weighted by molar-refractivity contribution is 0.616. The van der Waals surface area contributed by atoms with Crippen LogP contribution < -0.4 is 5.56 Å². The zero-order valence-electron chi connectivity index (χ0n) is 21.3. The summed E-state index contributed by atoms with van der Waals surface area (Å²) in [6.45, 7) is 6.28. The SMILES string of the molecule is CCc1ccc(-n2c(C)cc(C=Nn3c(-c4cc5cc(Br)ccc5o4)nc4ccccc4c3=O)c2C)cc1. The van der Waals surface area contributed by atoms with Gasteiger partial charge in [-0.15, -0.1) is 0 Å². The predicted octanol–water partition coefficient (Wildman–Crippen LogP) is 7.42. The number of fused-ring (bicyclic) bond motifs is 2. The van der Waals surface area contributed by atoms with Gasteiger partial charge in [-0.25, -0.2) is 4.98 Å². The second-order valence-electron chi connectivity index (χ2n) is 9.29. The van der Waals surface area contributed by atoms with Crippen LogP contribution in [0.25, 0.3) is 39.1 Å². The number of para-hydroxylation sites is 1. The Bertz CT molecular complexity index is 1910. The highest BCUT2D eigenvalue weighted by Gasteiger charge is 2.17. The molecule has 38 heavy (non-hydrogen) atoms. The molecule has 188 valence electrons. The van der Waals surface area contributed by atoms with Gasteiger partial charge in [0.15, 0.2) is 5.76 Å². The highest BCUT2D eigenvalue weighted by molar-refractivity contribution is 9.10. The number of furan rings is 1. The minimum atomic E-state index is -0.257. The van der Waals surface area contributed by atoms with E-state index in [1.807, 2.05) is 42.5 Å². The van der Waals surface area contributed by atoms with Gasteiger partial charge in [0.1, 0.15) is 5.58 Å². The molecule has 7 heteroatoms. The highest BCUT2D eigenvalue weighted by atomic mass is 79.9. The summed E-state index contributed by atoms with van der Waals surface area (Å²) >= 11 is 3.51. The van der Waals surface area contributed by atoms with E-state index in [0.29, 0.717) is 28.1 Å². The number of nitrogens with zero attached hydrogens (tertiary/aromatic N) is 4. The molecule has 0 amide bonds. The second-order valence-corrected chi connectivity index (χ2v) is 10.2. The van der Waals surface area contributed by atoms with Crippen LogP contribution in [0.5, 0.6) is 0 Å². The molecule has 3 heterocycles. The zero-order chi connectivity index (χ0) is 26.4. The van der Waals surface area contributed by atoms with Gasteiger partial charge in [-0.2, -0.15) is 9.78 Å². The number of rotatable bonds is 5. The Labute approximate surface area is 228 Å². The van der Waals surface area contributed by atoms with Gasteiger partial charge < -0.3 is 8.98 Å². The number of halogens is 1. The van der Waals surface area contributed by atoms with E-state index in [2.05, 4.69) is 76.7 Å². The van der Waals surface area contributed by atoms with Gasteiger partial charge in [0.25, 0.3) is 5.56 Å². The monoisotopic (exact) mass is 564 g/mol. The molecule has 0 saturated carbocycles. The topological polar surface area (TPSA) is 65.3 Å². The van der Waals surface area contributed by atoms with Crippen molar-refractivity contribution < 1.29 is 4.42 Å². The quantitative estimate of drug-likeness (QED) is 0.204. The zero-order valence-corrected chi connectivity index (χ0v) is 22.9. The van der Waals surface area contributed by atoms with E-state index in [4.69, 9.17) is 9.40 Å². The Kier molecular flexibility index (Phi) is 6.08. The van der Waals surface area contributed by atoms with Gasteiger partial charge in [0.2, 0.25) is 5.82 Å². The third-order valence-corrected chi connectivity index (χ3v) is 7.33. The van der Waals surface area contributed by atoms with Crippen molar-refractivity contribution >= 4 is 44.0 Å². The lowest BCUT2D eigenvalue weighted by Gasteiger charge is -2.10. The van der Waals surface area contributed by atoms with Crippen molar-refractivity contribution in [2.45, 2.75) is 27.2 Å². The third kappa shape index (κ3) is 4.19. The maximum atomic E-state index is 13.6. The summed E-state index contributed by atoms with van der Waals surface area (Å²) in [6, 6.07) is 25.6. The largest absolute Gasteiger partial charge is 0.453 e. The van der Waals surface area contributed by atoms with Crippen molar-refractivity contribution in [3.63, 3.8) is 0 Å². The fourth-order valence-corrected chi connectivity index (χ4v) is 5.21. The van der Waals surface area contributed by atoms with Gasteiger partial charge in [-0.1, -0.05) is 47.1 Å². The summed E-state index contributed by atoms with van der Waals surface area (Å²) in [5.41, 5.74) is 6.47. The van der Waals surface area contributed by atoms with E-state index in [1.54, 1.807) is 12.3 Å². The lowest BCUT2D eigenvalue weighted by Crippen LogP contribution is -2.20. The van der Waals surface area contributed by atoms with E-state index in [1.165, 1.54) is 10.2 Å². The van der Waals surface area contributed by atoms with E-state index in [0.717, 1.165) is 38.9 Å². The van der Waals surface area contributed by atoms with Crippen molar-refractivity contribution in [3.05, 3.63) is 116 Å².